The van der Waals surface area contributed by atoms with Gasteiger partial charge in [-0.25, -0.2) is 13.1 Å². The van der Waals surface area contributed by atoms with Gasteiger partial charge >= 0.3 is 0 Å². The maximum atomic E-state index is 12.2. The smallest absolute Gasteiger partial charge is 0.213 e. The van der Waals surface area contributed by atoms with Crippen molar-refractivity contribution in [2.45, 2.75) is 37.8 Å². The molecule has 3 N–H and O–H groups in total. The summed E-state index contributed by atoms with van der Waals surface area (Å²) in [7, 11) is -1.69. The van der Waals surface area contributed by atoms with Gasteiger partial charge in [-0.1, -0.05) is 18.2 Å². The number of para-hydroxylation sites is 1. The van der Waals surface area contributed by atoms with Crippen LogP contribution in [0.5, 0.6) is 5.75 Å². The van der Waals surface area contributed by atoms with Crippen LogP contribution in [0, 0.1) is 0 Å². The topological polar surface area (TPSA) is 101 Å². The van der Waals surface area contributed by atoms with E-state index in [0.717, 1.165) is 37.0 Å². The molecule has 29 heavy (non-hydrogen) atoms. The number of sulfonamides is 1. The number of hydrogen-bond donors (Lipinski definition) is 3. The van der Waals surface area contributed by atoms with E-state index >= 15 is 0 Å². The van der Waals surface area contributed by atoms with Gasteiger partial charge in [0.2, 0.25) is 10.0 Å². The van der Waals surface area contributed by atoms with Crippen molar-refractivity contribution in [1.29, 1.82) is 0 Å². The van der Waals surface area contributed by atoms with E-state index in [2.05, 4.69) is 20.3 Å². The molecule has 0 aliphatic carbocycles. The SMILES string of the molecule is CN=C(NCCS(=O)(=O)NCC1CCCCO1)NC1CCOc2ccccc21.I. The number of guanidine groups is 1. The minimum Gasteiger partial charge on any atom is -0.493 e. The molecule has 0 spiro atoms. The van der Waals surface area contributed by atoms with Gasteiger partial charge in [0.15, 0.2) is 5.96 Å². The molecule has 2 aliphatic heterocycles. The minimum atomic E-state index is -3.36. The van der Waals surface area contributed by atoms with E-state index in [0.29, 0.717) is 25.7 Å². The van der Waals surface area contributed by atoms with Crippen LogP contribution in [-0.4, -0.2) is 59.6 Å². The van der Waals surface area contributed by atoms with Crippen LogP contribution in [0.4, 0.5) is 0 Å². The molecule has 0 aromatic heterocycles. The highest BCUT2D eigenvalue weighted by atomic mass is 127. The molecule has 2 heterocycles. The maximum absolute atomic E-state index is 12.2. The van der Waals surface area contributed by atoms with Crippen LogP contribution in [0.25, 0.3) is 0 Å². The molecule has 3 rings (SSSR count). The lowest BCUT2D eigenvalue weighted by molar-refractivity contribution is 0.0200. The molecule has 2 atom stereocenters. The molecule has 1 saturated heterocycles. The summed E-state index contributed by atoms with van der Waals surface area (Å²) < 4.78 is 38.3. The number of nitrogens with zero attached hydrogens (tertiary/aromatic N) is 1. The fourth-order valence-corrected chi connectivity index (χ4v) is 4.37. The molecule has 8 nitrogen and oxygen atoms in total. The highest BCUT2D eigenvalue weighted by molar-refractivity contribution is 14.0. The Morgan fingerprint density at radius 1 is 1.21 bits per heavy atom. The first-order valence-corrected chi connectivity index (χ1v) is 11.5. The van der Waals surface area contributed by atoms with E-state index in [4.69, 9.17) is 9.47 Å². The summed E-state index contributed by atoms with van der Waals surface area (Å²) in [6.07, 6.45) is 3.85. The molecule has 1 aromatic carbocycles. The van der Waals surface area contributed by atoms with Crippen LogP contribution < -0.4 is 20.1 Å². The van der Waals surface area contributed by atoms with E-state index < -0.39 is 10.0 Å². The number of nitrogens with one attached hydrogen (secondary N) is 3. The highest BCUT2D eigenvalue weighted by Crippen LogP contribution is 2.31. The van der Waals surface area contributed by atoms with Crippen LogP contribution in [0.2, 0.25) is 0 Å². The first kappa shape index (κ1) is 24.2. The molecule has 10 heteroatoms. The molecule has 0 radical (unpaired) electrons. The van der Waals surface area contributed by atoms with E-state index in [-0.39, 0.29) is 48.4 Å². The van der Waals surface area contributed by atoms with Crippen LogP contribution >= 0.6 is 24.0 Å². The van der Waals surface area contributed by atoms with E-state index in [9.17, 15) is 8.42 Å². The Labute approximate surface area is 190 Å². The molecule has 0 saturated carbocycles. The zero-order valence-corrected chi connectivity index (χ0v) is 19.9. The van der Waals surface area contributed by atoms with Crippen molar-refractivity contribution in [3.05, 3.63) is 29.8 Å². The summed E-state index contributed by atoms with van der Waals surface area (Å²) in [6, 6.07) is 7.99. The molecule has 1 aromatic rings. The predicted molar refractivity (Wildman–Crippen MR) is 125 cm³/mol. The lowest BCUT2D eigenvalue weighted by Gasteiger charge is -2.28. The van der Waals surface area contributed by atoms with Crippen molar-refractivity contribution < 1.29 is 17.9 Å². The normalized spacial score (nSPS) is 22.0. The maximum Gasteiger partial charge on any atom is 0.213 e. The zero-order chi connectivity index (χ0) is 19.8. The number of rotatable bonds is 7. The van der Waals surface area contributed by atoms with Gasteiger partial charge in [-0.15, -0.1) is 24.0 Å². The Balaban J connectivity index is 0.00000300. The lowest BCUT2D eigenvalue weighted by atomic mass is 10.0. The molecule has 164 valence electrons. The zero-order valence-electron chi connectivity index (χ0n) is 16.7. The monoisotopic (exact) mass is 538 g/mol. The quantitative estimate of drug-likeness (QED) is 0.278. The molecule has 0 amide bonds. The predicted octanol–water partition coefficient (Wildman–Crippen LogP) is 1.78. The van der Waals surface area contributed by atoms with Crippen molar-refractivity contribution in [3.8, 4) is 5.75 Å². The third-order valence-electron chi connectivity index (χ3n) is 4.96. The molecular weight excluding hydrogens is 507 g/mol. The van der Waals surface area contributed by atoms with Crippen molar-refractivity contribution in [2.24, 2.45) is 4.99 Å². The molecule has 2 unspecified atom stereocenters. The van der Waals surface area contributed by atoms with Crippen LogP contribution in [0.1, 0.15) is 37.3 Å². The molecular formula is C19H31IN4O4S. The Morgan fingerprint density at radius 2 is 2.03 bits per heavy atom. The Kier molecular flexibility index (Phi) is 9.93. The summed E-state index contributed by atoms with van der Waals surface area (Å²) in [5.74, 6) is 1.43. The number of hydrogen-bond acceptors (Lipinski definition) is 5. The van der Waals surface area contributed by atoms with Gasteiger partial charge in [0.25, 0.3) is 0 Å². The van der Waals surface area contributed by atoms with Gasteiger partial charge in [-0.2, -0.15) is 0 Å². The van der Waals surface area contributed by atoms with Crippen molar-refractivity contribution in [1.82, 2.24) is 15.4 Å². The molecule has 0 bridgehead atoms. The Hall–Kier alpha value is -1.11. The average Bonchev–Trinajstić information content (AvgIpc) is 2.72. The minimum absolute atomic E-state index is 0. The molecule has 2 aliphatic rings. The van der Waals surface area contributed by atoms with Crippen molar-refractivity contribution >= 4 is 40.0 Å². The van der Waals surface area contributed by atoms with Gasteiger partial charge in [0.1, 0.15) is 5.75 Å². The van der Waals surface area contributed by atoms with E-state index in [1.807, 2.05) is 24.3 Å². The first-order chi connectivity index (χ1) is 13.6. The number of fused-ring (bicyclic) bond motifs is 1. The second-order valence-electron chi connectivity index (χ2n) is 7.03. The van der Waals surface area contributed by atoms with Crippen LogP contribution in [0.15, 0.2) is 29.3 Å². The largest absolute Gasteiger partial charge is 0.493 e. The van der Waals surface area contributed by atoms with Gasteiger partial charge in [0.05, 0.1) is 24.5 Å². The summed E-state index contributed by atoms with van der Waals surface area (Å²) in [4.78, 5) is 4.21. The van der Waals surface area contributed by atoms with Crippen LogP contribution in [0.3, 0.4) is 0 Å². The molecule has 1 fully saturated rings. The first-order valence-electron chi connectivity index (χ1n) is 9.85. The second-order valence-corrected chi connectivity index (χ2v) is 8.95. The summed E-state index contributed by atoms with van der Waals surface area (Å²) in [6.45, 7) is 1.96. The third-order valence-corrected chi connectivity index (χ3v) is 6.31. The fourth-order valence-electron chi connectivity index (χ4n) is 3.42. The van der Waals surface area contributed by atoms with Gasteiger partial charge in [0, 0.05) is 38.7 Å². The van der Waals surface area contributed by atoms with Crippen LogP contribution in [-0.2, 0) is 14.8 Å². The van der Waals surface area contributed by atoms with Gasteiger partial charge < -0.3 is 20.1 Å². The lowest BCUT2D eigenvalue weighted by Crippen LogP contribution is -2.44. The van der Waals surface area contributed by atoms with Crippen molar-refractivity contribution in [3.63, 3.8) is 0 Å². The van der Waals surface area contributed by atoms with E-state index in [1.54, 1.807) is 7.05 Å². The number of aliphatic imine (C=N–C) groups is 1. The number of halogens is 1. The Bertz CT molecular complexity index is 769. The Morgan fingerprint density at radius 3 is 2.79 bits per heavy atom. The van der Waals surface area contributed by atoms with E-state index in [1.165, 1.54) is 0 Å². The van der Waals surface area contributed by atoms with Crippen molar-refractivity contribution in [2.75, 3.05) is 39.1 Å². The van der Waals surface area contributed by atoms with Gasteiger partial charge in [-0.05, 0) is 25.3 Å². The third kappa shape index (κ3) is 7.58. The standard InChI is InChI=1S/C19H30N4O4S.HI/c1-20-19(23-17-9-12-27-18-8-3-2-7-16(17)18)21-10-13-28(24,25)22-14-15-6-4-5-11-26-15;/h2-3,7-8,15,17,22H,4-6,9-14H2,1H3,(H2,20,21,23);1H. The highest BCUT2D eigenvalue weighted by Gasteiger charge is 2.22. The summed E-state index contributed by atoms with van der Waals surface area (Å²) in [5.41, 5.74) is 1.08. The number of benzene rings is 1. The average molecular weight is 538 g/mol. The fraction of sp³-hybridized carbons (Fsp3) is 0.632. The van der Waals surface area contributed by atoms with Gasteiger partial charge in [-0.3, -0.25) is 4.99 Å². The summed E-state index contributed by atoms with van der Waals surface area (Å²) >= 11 is 0. The summed E-state index contributed by atoms with van der Waals surface area (Å²) in [5, 5.41) is 6.44. The number of ether oxygens (including phenoxy) is 2. The second kappa shape index (κ2) is 11.9.